The van der Waals surface area contributed by atoms with E-state index in [4.69, 9.17) is 4.74 Å². The van der Waals surface area contributed by atoms with Gasteiger partial charge in [-0.05, 0) is 64.8 Å². The molecule has 4 heteroatoms. The fourth-order valence-corrected chi connectivity index (χ4v) is 3.09. The summed E-state index contributed by atoms with van der Waals surface area (Å²) in [5.74, 6) is 1.46. The van der Waals surface area contributed by atoms with Gasteiger partial charge < -0.3 is 15.4 Å². The van der Waals surface area contributed by atoms with Crippen molar-refractivity contribution in [3.63, 3.8) is 0 Å². The van der Waals surface area contributed by atoms with Crippen LogP contribution < -0.4 is 10.6 Å². The van der Waals surface area contributed by atoms with Crippen LogP contribution in [0.4, 0.5) is 4.79 Å². The third-order valence-corrected chi connectivity index (χ3v) is 4.46. The fourth-order valence-electron chi connectivity index (χ4n) is 3.09. The molecule has 2 fully saturated rings. The van der Waals surface area contributed by atoms with Crippen LogP contribution in [0.5, 0.6) is 0 Å². The molecule has 116 valence electrons. The van der Waals surface area contributed by atoms with Gasteiger partial charge in [-0.25, -0.2) is 4.79 Å². The van der Waals surface area contributed by atoms with E-state index >= 15 is 0 Å². The molecule has 1 amide bonds. The van der Waals surface area contributed by atoms with Crippen LogP contribution in [0.15, 0.2) is 0 Å². The Morgan fingerprint density at radius 1 is 1.10 bits per heavy atom. The molecule has 2 aliphatic rings. The second-order valence-electron chi connectivity index (χ2n) is 7.39. The van der Waals surface area contributed by atoms with Crippen LogP contribution in [0.2, 0.25) is 0 Å². The van der Waals surface area contributed by atoms with Crippen LogP contribution in [0.25, 0.3) is 0 Å². The first kappa shape index (κ1) is 15.6. The number of ether oxygens (including phenoxy) is 1. The minimum Gasteiger partial charge on any atom is -0.444 e. The van der Waals surface area contributed by atoms with Gasteiger partial charge in [0.25, 0.3) is 0 Å². The third-order valence-electron chi connectivity index (χ3n) is 4.46. The number of rotatable bonds is 5. The fraction of sp³-hybridized carbons (Fsp3) is 0.938. The first-order valence-electron chi connectivity index (χ1n) is 8.14. The maximum absolute atomic E-state index is 11.7. The molecule has 0 bridgehead atoms. The molecule has 0 saturated heterocycles. The quantitative estimate of drug-likeness (QED) is 0.815. The molecule has 0 aromatic carbocycles. The highest BCUT2D eigenvalue weighted by Crippen LogP contribution is 2.28. The van der Waals surface area contributed by atoms with E-state index in [9.17, 15) is 4.79 Å². The first-order valence-corrected chi connectivity index (χ1v) is 8.14. The van der Waals surface area contributed by atoms with E-state index in [1.165, 1.54) is 38.5 Å². The molecule has 2 rings (SSSR count). The summed E-state index contributed by atoms with van der Waals surface area (Å²) in [6.07, 6.45) is 7.61. The predicted molar refractivity (Wildman–Crippen MR) is 80.7 cm³/mol. The zero-order chi connectivity index (χ0) is 14.6. The molecule has 2 saturated carbocycles. The molecule has 0 radical (unpaired) electrons. The molecular formula is C16H30N2O2. The summed E-state index contributed by atoms with van der Waals surface area (Å²) >= 11 is 0. The van der Waals surface area contributed by atoms with Crippen molar-refractivity contribution in [2.24, 2.45) is 11.8 Å². The molecule has 0 heterocycles. The zero-order valence-electron chi connectivity index (χ0n) is 13.2. The van der Waals surface area contributed by atoms with Crippen molar-refractivity contribution < 1.29 is 9.53 Å². The largest absolute Gasteiger partial charge is 0.444 e. The van der Waals surface area contributed by atoms with Gasteiger partial charge in [-0.3, -0.25) is 0 Å². The Bertz CT molecular complexity index is 321. The molecule has 0 spiro atoms. The van der Waals surface area contributed by atoms with Crippen molar-refractivity contribution in [2.75, 3.05) is 13.1 Å². The van der Waals surface area contributed by atoms with Gasteiger partial charge in [-0.1, -0.05) is 12.8 Å². The van der Waals surface area contributed by atoms with Crippen molar-refractivity contribution in [2.45, 2.75) is 70.9 Å². The lowest BCUT2D eigenvalue weighted by molar-refractivity contribution is 0.0517. The van der Waals surface area contributed by atoms with E-state index in [1.54, 1.807) is 0 Å². The molecule has 4 nitrogen and oxygen atoms in total. The van der Waals surface area contributed by atoms with Crippen molar-refractivity contribution in [3.8, 4) is 0 Å². The first-order chi connectivity index (χ1) is 9.44. The Morgan fingerprint density at radius 2 is 1.80 bits per heavy atom. The minimum absolute atomic E-state index is 0.290. The number of carbonyl (C=O) groups is 1. The van der Waals surface area contributed by atoms with Gasteiger partial charge in [0.2, 0.25) is 0 Å². The number of nitrogens with one attached hydrogen (secondary N) is 2. The standard InChI is InChI=1S/C16H30N2O2/c1-16(2,3)20-15(19)18-11-13-8-5-9-14(13)17-10-12-6-4-7-12/h12-14,17H,4-11H2,1-3H3,(H,18,19). The number of carbonyl (C=O) groups excluding carboxylic acids is 1. The van der Waals surface area contributed by atoms with Crippen molar-refractivity contribution in [1.29, 1.82) is 0 Å². The van der Waals surface area contributed by atoms with E-state index in [1.807, 2.05) is 20.8 Å². The molecule has 2 aliphatic carbocycles. The molecule has 0 aliphatic heterocycles. The van der Waals surface area contributed by atoms with Crippen LogP contribution in [-0.4, -0.2) is 30.8 Å². The number of hydrogen-bond acceptors (Lipinski definition) is 3. The van der Waals surface area contributed by atoms with Gasteiger partial charge in [0.15, 0.2) is 0 Å². The molecule has 20 heavy (non-hydrogen) atoms. The number of amides is 1. The summed E-state index contributed by atoms with van der Waals surface area (Å²) in [7, 11) is 0. The maximum atomic E-state index is 11.7. The summed E-state index contributed by atoms with van der Waals surface area (Å²) in [5.41, 5.74) is -0.415. The van der Waals surface area contributed by atoms with Crippen LogP contribution in [0.1, 0.15) is 59.3 Å². The Labute approximate surface area is 123 Å². The molecule has 2 atom stereocenters. The van der Waals surface area contributed by atoms with Gasteiger partial charge in [-0.2, -0.15) is 0 Å². The highest BCUT2D eigenvalue weighted by Gasteiger charge is 2.29. The highest BCUT2D eigenvalue weighted by atomic mass is 16.6. The van der Waals surface area contributed by atoms with Crippen LogP contribution in [-0.2, 0) is 4.74 Å². The summed E-state index contributed by atoms with van der Waals surface area (Å²) in [6.45, 7) is 7.58. The monoisotopic (exact) mass is 282 g/mol. The Hall–Kier alpha value is -0.770. The summed E-state index contributed by atoms with van der Waals surface area (Å²) in [5, 5.41) is 6.64. The van der Waals surface area contributed by atoms with Gasteiger partial charge in [0.1, 0.15) is 5.60 Å². The van der Waals surface area contributed by atoms with E-state index in [2.05, 4.69) is 10.6 Å². The van der Waals surface area contributed by atoms with Gasteiger partial charge >= 0.3 is 6.09 Å². The molecular weight excluding hydrogens is 252 g/mol. The lowest BCUT2D eigenvalue weighted by Crippen LogP contribution is -2.42. The summed E-state index contributed by atoms with van der Waals surface area (Å²) in [4.78, 5) is 11.7. The lowest BCUT2D eigenvalue weighted by Gasteiger charge is -2.29. The third kappa shape index (κ3) is 4.97. The van der Waals surface area contributed by atoms with Crippen LogP contribution >= 0.6 is 0 Å². The molecule has 0 aromatic heterocycles. The second-order valence-corrected chi connectivity index (χ2v) is 7.39. The number of hydrogen-bond donors (Lipinski definition) is 2. The maximum Gasteiger partial charge on any atom is 0.407 e. The van der Waals surface area contributed by atoms with Gasteiger partial charge in [0, 0.05) is 12.6 Å². The zero-order valence-corrected chi connectivity index (χ0v) is 13.2. The predicted octanol–water partition coefficient (Wildman–Crippen LogP) is 3.07. The lowest BCUT2D eigenvalue weighted by atomic mass is 9.85. The van der Waals surface area contributed by atoms with Crippen molar-refractivity contribution in [1.82, 2.24) is 10.6 Å². The van der Waals surface area contributed by atoms with E-state index in [0.29, 0.717) is 12.0 Å². The minimum atomic E-state index is -0.415. The van der Waals surface area contributed by atoms with Crippen molar-refractivity contribution >= 4 is 6.09 Å². The number of alkyl carbamates (subject to hydrolysis) is 1. The summed E-state index contributed by atoms with van der Waals surface area (Å²) < 4.78 is 5.29. The second kappa shape index (κ2) is 6.79. The SMILES string of the molecule is CC(C)(C)OC(=O)NCC1CCCC1NCC1CCC1. The van der Waals surface area contributed by atoms with E-state index in [-0.39, 0.29) is 6.09 Å². The van der Waals surface area contributed by atoms with Gasteiger partial charge in [-0.15, -0.1) is 0 Å². The molecule has 2 unspecified atom stereocenters. The van der Waals surface area contributed by atoms with E-state index in [0.717, 1.165) is 19.0 Å². The average Bonchev–Trinajstić information content (AvgIpc) is 2.69. The van der Waals surface area contributed by atoms with E-state index < -0.39 is 5.60 Å². The normalized spacial score (nSPS) is 27.1. The molecule has 2 N–H and O–H groups in total. The van der Waals surface area contributed by atoms with Crippen LogP contribution in [0, 0.1) is 11.8 Å². The van der Waals surface area contributed by atoms with Crippen molar-refractivity contribution in [3.05, 3.63) is 0 Å². The van der Waals surface area contributed by atoms with Crippen LogP contribution in [0.3, 0.4) is 0 Å². The topological polar surface area (TPSA) is 50.4 Å². The highest BCUT2D eigenvalue weighted by molar-refractivity contribution is 5.67. The Balaban J connectivity index is 1.66. The Kier molecular flexibility index (Phi) is 5.30. The van der Waals surface area contributed by atoms with Gasteiger partial charge in [0.05, 0.1) is 0 Å². The molecule has 0 aromatic rings. The summed E-state index contributed by atoms with van der Waals surface area (Å²) in [6, 6.07) is 0.575. The Morgan fingerprint density at radius 3 is 2.40 bits per heavy atom. The smallest absolute Gasteiger partial charge is 0.407 e. The average molecular weight is 282 g/mol.